The van der Waals surface area contributed by atoms with Crippen LogP contribution in [0.5, 0.6) is 11.5 Å². The van der Waals surface area contributed by atoms with E-state index in [1.165, 1.54) is 5.56 Å². The van der Waals surface area contributed by atoms with Gasteiger partial charge in [-0.25, -0.2) is 0 Å². The number of rotatable bonds is 3. The first-order valence-corrected chi connectivity index (χ1v) is 9.33. The number of likely N-dealkylation sites (tertiary alicyclic amines) is 1. The normalized spacial score (nSPS) is 41.1. The summed E-state index contributed by atoms with van der Waals surface area (Å²) in [5.41, 5.74) is 1.05. The van der Waals surface area contributed by atoms with Gasteiger partial charge < -0.3 is 20.3 Å². The molecule has 2 heterocycles. The SMILES string of the molecule is C=CCN1CC[C@]23c4c5ccc(O)c4O[C@@H]2C(NC)CC[C@@]3(O)[C@H]1C5. The molecule has 1 aromatic carbocycles. The fourth-order valence-electron chi connectivity index (χ4n) is 6.31. The molecule has 1 aromatic rings. The van der Waals surface area contributed by atoms with Crippen LogP contribution in [-0.2, 0) is 11.8 Å². The van der Waals surface area contributed by atoms with E-state index in [1.807, 2.05) is 19.2 Å². The van der Waals surface area contributed by atoms with Crippen LogP contribution in [0.1, 0.15) is 30.4 Å². The molecule has 5 heteroatoms. The molecule has 3 N–H and O–H groups in total. The minimum Gasteiger partial charge on any atom is -0.504 e. The Bertz CT molecular complexity index is 751. The Morgan fingerprint density at radius 3 is 3.04 bits per heavy atom. The van der Waals surface area contributed by atoms with Crippen molar-refractivity contribution in [2.75, 3.05) is 20.1 Å². The smallest absolute Gasteiger partial charge is 0.165 e. The first-order chi connectivity index (χ1) is 12.1. The topological polar surface area (TPSA) is 65.0 Å². The molecule has 1 saturated carbocycles. The van der Waals surface area contributed by atoms with Gasteiger partial charge in [0.05, 0.1) is 11.0 Å². The predicted octanol–water partition coefficient (Wildman–Crippen LogP) is 1.32. The quantitative estimate of drug-likeness (QED) is 0.723. The highest BCUT2D eigenvalue weighted by Crippen LogP contribution is 2.65. The van der Waals surface area contributed by atoms with E-state index in [9.17, 15) is 10.2 Å². The minimum atomic E-state index is -0.821. The lowest BCUT2D eigenvalue weighted by atomic mass is 9.48. The van der Waals surface area contributed by atoms with E-state index in [0.29, 0.717) is 5.75 Å². The maximum Gasteiger partial charge on any atom is 0.165 e. The van der Waals surface area contributed by atoms with Gasteiger partial charge in [0.15, 0.2) is 11.5 Å². The average molecular weight is 342 g/mol. The molecule has 5 nitrogen and oxygen atoms in total. The van der Waals surface area contributed by atoms with E-state index in [1.54, 1.807) is 6.07 Å². The van der Waals surface area contributed by atoms with E-state index in [0.717, 1.165) is 44.3 Å². The summed E-state index contributed by atoms with van der Waals surface area (Å²) in [5.74, 6) is 0.811. The van der Waals surface area contributed by atoms with Crippen LogP contribution in [0.4, 0.5) is 0 Å². The molecule has 1 spiro atoms. The van der Waals surface area contributed by atoms with E-state index >= 15 is 0 Å². The van der Waals surface area contributed by atoms with Crippen molar-refractivity contribution in [1.29, 1.82) is 0 Å². The van der Waals surface area contributed by atoms with Crippen molar-refractivity contribution in [2.24, 2.45) is 0 Å². The number of piperidine rings is 1. The first-order valence-electron chi connectivity index (χ1n) is 9.33. The first kappa shape index (κ1) is 15.7. The number of hydrogen-bond acceptors (Lipinski definition) is 5. The lowest BCUT2D eigenvalue weighted by Crippen LogP contribution is -2.77. The van der Waals surface area contributed by atoms with Gasteiger partial charge in [-0.1, -0.05) is 12.1 Å². The summed E-state index contributed by atoms with van der Waals surface area (Å²) in [5, 5.41) is 25.9. The lowest BCUT2D eigenvalue weighted by Gasteiger charge is -2.64. The van der Waals surface area contributed by atoms with Gasteiger partial charge in [0.2, 0.25) is 0 Å². The van der Waals surface area contributed by atoms with E-state index in [-0.39, 0.29) is 23.9 Å². The third-order valence-corrected chi connectivity index (χ3v) is 7.31. The van der Waals surface area contributed by atoms with Gasteiger partial charge in [-0.2, -0.15) is 0 Å². The number of phenolic OH excluding ortho intramolecular Hbond substituents is 1. The van der Waals surface area contributed by atoms with Crippen LogP contribution >= 0.6 is 0 Å². The fraction of sp³-hybridized carbons (Fsp3) is 0.600. The molecule has 25 heavy (non-hydrogen) atoms. The molecular formula is C20H26N2O3. The van der Waals surface area contributed by atoms with Crippen LogP contribution in [0.15, 0.2) is 24.8 Å². The maximum absolute atomic E-state index is 12.0. The molecule has 5 atom stereocenters. The van der Waals surface area contributed by atoms with Crippen LogP contribution in [0.2, 0.25) is 0 Å². The second-order valence-electron chi connectivity index (χ2n) is 8.07. The number of hydrogen-bond donors (Lipinski definition) is 3. The molecule has 5 rings (SSSR count). The summed E-state index contributed by atoms with van der Waals surface area (Å²) in [6.45, 7) is 5.62. The lowest BCUT2D eigenvalue weighted by molar-refractivity contribution is -0.189. The van der Waals surface area contributed by atoms with E-state index in [4.69, 9.17) is 4.74 Å². The highest BCUT2D eigenvalue weighted by molar-refractivity contribution is 5.62. The monoisotopic (exact) mass is 342 g/mol. The number of nitrogens with zero attached hydrogens (tertiary/aromatic N) is 1. The molecule has 4 aliphatic rings. The average Bonchev–Trinajstić information content (AvgIpc) is 2.95. The second-order valence-corrected chi connectivity index (χ2v) is 8.07. The van der Waals surface area contributed by atoms with Gasteiger partial charge >= 0.3 is 0 Å². The van der Waals surface area contributed by atoms with Crippen molar-refractivity contribution in [1.82, 2.24) is 10.2 Å². The Labute approximate surface area is 148 Å². The Kier molecular flexibility index (Phi) is 3.13. The van der Waals surface area contributed by atoms with Gasteiger partial charge in [-0.15, -0.1) is 6.58 Å². The molecule has 2 fully saturated rings. The number of likely N-dealkylation sites (N-methyl/N-ethyl adjacent to an activating group) is 1. The molecule has 0 radical (unpaired) electrons. The molecule has 134 valence electrons. The van der Waals surface area contributed by atoms with Gasteiger partial charge in [0, 0.05) is 24.2 Å². The zero-order valence-corrected chi connectivity index (χ0v) is 14.7. The van der Waals surface area contributed by atoms with Gasteiger partial charge in [0.1, 0.15) is 6.10 Å². The molecule has 2 bridgehead atoms. The zero-order valence-electron chi connectivity index (χ0n) is 14.7. The Morgan fingerprint density at radius 2 is 2.28 bits per heavy atom. The van der Waals surface area contributed by atoms with Crippen LogP contribution in [0, 0.1) is 0 Å². The van der Waals surface area contributed by atoms with E-state index in [2.05, 4.69) is 16.8 Å². The van der Waals surface area contributed by atoms with E-state index < -0.39 is 11.0 Å². The number of nitrogens with one attached hydrogen (secondary N) is 1. The standard InChI is InChI=1S/C20H26N2O3/c1-3-9-22-10-8-19-16-12-4-5-14(23)17(16)25-18(19)13(21-2)6-7-20(19,24)15(22)11-12/h3-5,13,15,18,21,23-24H,1,6-11H2,2H3/t13?,15-,18-,19+,20-/m1/s1. The van der Waals surface area contributed by atoms with Gasteiger partial charge in [-0.3, -0.25) is 4.90 Å². The molecule has 2 aliphatic heterocycles. The number of ether oxygens (including phenoxy) is 1. The van der Waals surface area contributed by atoms with Crippen molar-refractivity contribution in [2.45, 2.75) is 54.9 Å². The summed E-state index contributed by atoms with van der Waals surface area (Å²) in [7, 11) is 1.96. The highest BCUT2D eigenvalue weighted by Gasteiger charge is 2.72. The summed E-state index contributed by atoms with van der Waals surface area (Å²) >= 11 is 0. The number of benzene rings is 1. The molecule has 0 amide bonds. The van der Waals surface area contributed by atoms with Crippen molar-refractivity contribution in [3.05, 3.63) is 35.9 Å². The van der Waals surface area contributed by atoms with Crippen LogP contribution in [-0.4, -0.2) is 59.0 Å². The van der Waals surface area contributed by atoms with Crippen LogP contribution in [0.25, 0.3) is 0 Å². The number of aliphatic hydroxyl groups is 1. The second kappa shape index (κ2) is 5.00. The molecule has 0 aromatic heterocycles. The van der Waals surface area contributed by atoms with Crippen LogP contribution in [0.3, 0.4) is 0 Å². The zero-order chi connectivity index (χ0) is 17.4. The largest absolute Gasteiger partial charge is 0.504 e. The summed E-state index contributed by atoms with van der Waals surface area (Å²) in [4.78, 5) is 2.38. The Balaban J connectivity index is 1.76. The third-order valence-electron chi connectivity index (χ3n) is 7.31. The van der Waals surface area contributed by atoms with Crippen molar-refractivity contribution in [3.63, 3.8) is 0 Å². The molecule has 1 saturated heterocycles. The predicted molar refractivity (Wildman–Crippen MR) is 95.1 cm³/mol. The Morgan fingerprint density at radius 1 is 1.44 bits per heavy atom. The van der Waals surface area contributed by atoms with Crippen molar-refractivity contribution >= 4 is 0 Å². The summed E-state index contributed by atoms with van der Waals surface area (Å²) < 4.78 is 6.36. The fourth-order valence-corrected chi connectivity index (χ4v) is 6.31. The summed E-state index contributed by atoms with van der Waals surface area (Å²) in [6.07, 6.45) is 5.08. The van der Waals surface area contributed by atoms with Crippen molar-refractivity contribution in [3.8, 4) is 11.5 Å². The van der Waals surface area contributed by atoms with Gasteiger partial charge in [0.25, 0.3) is 0 Å². The number of aromatic hydroxyl groups is 1. The highest BCUT2D eigenvalue weighted by atomic mass is 16.5. The maximum atomic E-state index is 12.0. The van der Waals surface area contributed by atoms with Crippen molar-refractivity contribution < 1.29 is 14.9 Å². The molecule has 1 unspecified atom stereocenters. The molecular weight excluding hydrogens is 316 g/mol. The molecule has 2 aliphatic carbocycles. The van der Waals surface area contributed by atoms with Crippen LogP contribution < -0.4 is 10.1 Å². The minimum absolute atomic E-state index is 0.0751. The summed E-state index contributed by atoms with van der Waals surface area (Å²) in [6, 6.07) is 4.03. The van der Waals surface area contributed by atoms with Gasteiger partial charge in [-0.05, 0) is 50.9 Å². The Hall–Kier alpha value is -1.56. The third kappa shape index (κ3) is 1.65. The number of phenols is 1.